The maximum Gasteiger partial charge on any atom is 0.387 e. The van der Waals surface area contributed by atoms with Gasteiger partial charge in [0.2, 0.25) is 15.9 Å². The van der Waals surface area contributed by atoms with Gasteiger partial charge in [-0.2, -0.15) is 8.78 Å². The molecular formula is C18H21F2N3O4S. The minimum Gasteiger partial charge on any atom is -0.435 e. The Bertz CT molecular complexity index is 938. The van der Waals surface area contributed by atoms with Gasteiger partial charge in [0.25, 0.3) is 0 Å². The van der Waals surface area contributed by atoms with Gasteiger partial charge in [0.05, 0.1) is 10.9 Å². The van der Waals surface area contributed by atoms with Crippen LogP contribution >= 0.6 is 0 Å². The van der Waals surface area contributed by atoms with Crippen molar-refractivity contribution in [2.45, 2.75) is 31.0 Å². The van der Waals surface area contributed by atoms with Gasteiger partial charge in [0.15, 0.2) is 0 Å². The lowest BCUT2D eigenvalue weighted by Crippen LogP contribution is -2.39. The summed E-state index contributed by atoms with van der Waals surface area (Å²) < 4.78 is 51.8. The van der Waals surface area contributed by atoms with Gasteiger partial charge >= 0.3 is 6.61 Å². The number of halogens is 2. The van der Waals surface area contributed by atoms with E-state index < -0.39 is 22.7 Å². The number of likely N-dealkylation sites (N-methyl/N-ethyl adjacent to an activating group) is 1. The minimum absolute atomic E-state index is 0.0396. The van der Waals surface area contributed by atoms with Gasteiger partial charge in [-0.05, 0) is 49.9 Å². The molecule has 1 unspecified atom stereocenters. The standard InChI is InChI=1S/C18H21F2N3O4S/c1-12(17(24)22-14-6-4-8-16(10-14)28(21,25)26)23(2)11-13-5-3-7-15(9-13)27-18(19)20/h3-10,12,18H,11H2,1-2H3,(H,22,24)(H2,21,25,26). The fourth-order valence-electron chi connectivity index (χ4n) is 2.44. The van der Waals surface area contributed by atoms with Crippen molar-refractivity contribution in [3.63, 3.8) is 0 Å². The fraction of sp³-hybridized carbons (Fsp3) is 0.278. The molecule has 10 heteroatoms. The van der Waals surface area contributed by atoms with Crippen molar-refractivity contribution in [3.05, 3.63) is 54.1 Å². The quantitative estimate of drug-likeness (QED) is 0.692. The number of benzene rings is 2. The SMILES string of the molecule is CC(C(=O)Nc1cccc(S(N)(=O)=O)c1)N(C)Cc1cccc(OC(F)F)c1. The number of hydrogen-bond donors (Lipinski definition) is 2. The van der Waals surface area contributed by atoms with Gasteiger partial charge in [0, 0.05) is 12.2 Å². The Hall–Kier alpha value is -2.56. The molecule has 28 heavy (non-hydrogen) atoms. The fourth-order valence-corrected chi connectivity index (χ4v) is 3.00. The summed E-state index contributed by atoms with van der Waals surface area (Å²) in [6.07, 6.45) is 0. The van der Waals surface area contributed by atoms with Crippen molar-refractivity contribution >= 4 is 21.6 Å². The van der Waals surface area contributed by atoms with E-state index in [2.05, 4.69) is 10.1 Å². The second-order valence-electron chi connectivity index (χ2n) is 6.18. The first-order valence-electron chi connectivity index (χ1n) is 8.24. The molecule has 0 spiro atoms. The molecule has 3 N–H and O–H groups in total. The number of carbonyl (C=O) groups is 1. The van der Waals surface area contributed by atoms with Gasteiger partial charge in [0.1, 0.15) is 5.75 Å². The first-order valence-corrected chi connectivity index (χ1v) is 9.78. The molecule has 7 nitrogen and oxygen atoms in total. The van der Waals surface area contributed by atoms with Gasteiger partial charge in [-0.25, -0.2) is 13.6 Å². The predicted octanol–water partition coefficient (Wildman–Crippen LogP) is 2.39. The van der Waals surface area contributed by atoms with Crippen LogP contribution in [0.4, 0.5) is 14.5 Å². The van der Waals surface area contributed by atoms with Crippen LogP contribution in [-0.2, 0) is 21.4 Å². The summed E-state index contributed by atoms with van der Waals surface area (Å²) in [4.78, 5) is 14.1. The van der Waals surface area contributed by atoms with Crippen molar-refractivity contribution < 1.29 is 26.7 Å². The maximum atomic E-state index is 12.5. The lowest BCUT2D eigenvalue weighted by atomic mass is 10.1. The van der Waals surface area contributed by atoms with Gasteiger partial charge in [-0.15, -0.1) is 0 Å². The Kier molecular flexibility index (Phi) is 7.05. The zero-order valence-electron chi connectivity index (χ0n) is 15.3. The number of amides is 1. The molecule has 0 aliphatic carbocycles. The highest BCUT2D eigenvalue weighted by Crippen LogP contribution is 2.18. The monoisotopic (exact) mass is 413 g/mol. The molecule has 2 rings (SSSR count). The predicted molar refractivity (Wildman–Crippen MR) is 100 cm³/mol. The highest BCUT2D eigenvalue weighted by molar-refractivity contribution is 7.89. The molecule has 0 heterocycles. The number of ether oxygens (including phenoxy) is 1. The number of rotatable bonds is 8. The van der Waals surface area contributed by atoms with Crippen LogP contribution in [0.5, 0.6) is 5.75 Å². The number of nitrogens with one attached hydrogen (secondary N) is 1. The Morgan fingerprint density at radius 3 is 2.54 bits per heavy atom. The number of hydrogen-bond acceptors (Lipinski definition) is 5. The second kappa shape index (κ2) is 9.09. The molecule has 152 valence electrons. The van der Waals surface area contributed by atoms with E-state index in [1.807, 2.05) is 0 Å². The third kappa shape index (κ3) is 6.25. The lowest BCUT2D eigenvalue weighted by molar-refractivity contribution is -0.120. The van der Waals surface area contributed by atoms with Gasteiger partial charge in [-0.1, -0.05) is 18.2 Å². The van der Waals surface area contributed by atoms with Crippen LogP contribution in [0.1, 0.15) is 12.5 Å². The van der Waals surface area contributed by atoms with Crippen LogP contribution in [0.3, 0.4) is 0 Å². The van der Waals surface area contributed by atoms with Crippen LogP contribution in [0, 0.1) is 0 Å². The number of carbonyl (C=O) groups excluding carboxylic acids is 1. The summed E-state index contributed by atoms with van der Waals surface area (Å²) in [6, 6.07) is 11.2. The van der Waals surface area contributed by atoms with E-state index in [0.29, 0.717) is 17.8 Å². The van der Waals surface area contributed by atoms with Crippen LogP contribution in [0.25, 0.3) is 0 Å². The zero-order chi connectivity index (χ0) is 20.9. The van der Waals surface area contributed by atoms with Gasteiger partial charge in [-0.3, -0.25) is 9.69 Å². The normalized spacial score (nSPS) is 12.8. The van der Waals surface area contributed by atoms with Crippen LogP contribution in [0.15, 0.2) is 53.4 Å². The van der Waals surface area contributed by atoms with E-state index in [-0.39, 0.29) is 16.6 Å². The molecule has 2 aromatic rings. The molecule has 0 saturated carbocycles. The summed E-state index contributed by atoms with van der Waals surface area (Å²) in [5.41, 5.74) is 0.987. The average Bonchev–Trinajstić information content (AvgIpc) is 2.60. The zero-order valence-corrected chi connectivity index (χ0v) is 16.1. The van der Waals surface area contributed by atoms with E-state index in [4.69, 9.17) is 5.14 Å². The van der Waals surface area contributed by atoms with E-state index in [9.17, 15) is 22.0 Å². The maximum absolute atomic E-state index is 12.5. The Morgan fingerprint density at radius 1 is 1.21 bits per heavy atom. The molecule has 1 amide bonds. The highest BCUT2D eigenvalue weighted by atomic mass is 32.2. The van der Waals surface area contributed by atoms with E-state index in [1.165, 1.54) is 30.3 Å². The van der Waals surface area contributed by atoms with Crippen LogP contribution in [0.2, 0.25) is 0 Å². The smallest absolute Gasteiger partial charge is 0.387 e. The Labute approximate surface area is 162 Å². The van der Waals surface area contributed by atoms with E-state index in [0.717, 1.165) is 0 Å². The van der Waals surface area contributed by atoms with Crippen molar-refractivity contribution in [2.24, 2.45) is 5.14 Å². The summed E-state index contributed by atoms with van der Waals surface area (Å²) in [5, 5.41) is 7.72. The molecule has 0 aliphatic heterocycles. The van der Waals surface area contributed by atoms with Gasteiger partial charge < -0.3 is 10.1 Å². The topological polar surface area (TPSA) is 102 Å². The number of alkyl halides is 2. The molecule has 0 radical (unpaired) electrons. The first kappa shape index (κ1) is 21.7. The Balaban J connectivity index is 2.03. The number of nitrogens with two attached hydrogens (primary N) is 1. The molecule has 0 bridgehead atoms. The average molecular weight is 413 g/mol. The number of sulfonamides is 1. The number of anilines is 1. The summed E-state index contributed by atoms with van der Waals surface area (Å²) >= 11 is 0. The third-order valence-electron chi connectivity index (χ3n) is 4.03. The van der Waals surface area contributed by atoms with Crippen molar-refractivity contribution in [3.8, 4) is 5.75 Å². The van der Waals surface area contributed by atoms with E-state index >= 15 is 0 Å². The molecule has 0 saturated heterocycles. The number of nitrogens with zero attached hydrogens (tertiary/aromatic N) is 1. The summed E-state index contributed by atoms with van der Waals surface area (Å²) in [6.45, 7) is -0.935. The molecule has 0 aliphatic rings. The van der Waals surface area contributed by atoms with Crippen molar-refractivity contribution in [2.75, 3.05) is 12.4 Å². The summed E-state index contributed by atoms with van der Waals surface area (Å²) in [7, 11) is -2.18. The lowest BCUT2D eigenvalue weighted by Gasteiger charge is -2.24. The molecule has 2 aromatic carbocycles. The minimum atomic E-state index is -3.88. The van der Waals surface area contributed by atoms with Crippen LogP contribution < -0.4 is 15.2 Å². The van der Waals surface area contributed by atoms with E-state index in [1.54, 1.807) is 37.1 Å². The molecular weight excluding hydrogens is 392 g/mol. The number of primary sulfonamides is 1. The molecule has 1 atom stereocenters. The molecule has 0 fully saturated rings. The Morgan fingerprint density at radius 2 is 1.89 bits per heavy atom. The largest absolute Gasteiger partial charge is 0.435 e. The van der Waals surface area contributed by atoms with Crippen molar-refractivity contribution in [1.29, 1.82) is 0 Å². The highest BCUT2D eigenvalue weighted by Gasteiger charge is 2.19. The van der Waals surface area contributed by atoms with Crippen LogP contribution in [-0.4, -0.2) is 38.9 Å². The molecule has 0 aromatic heterocycles. The third-order valence-corrected chi connectivity index (χ3v) is 4.94. The summed E-state index contributed by atoms with van der Waals surface area (Å²) in [5.74, 6) is -0.327. The first-order chi connectivity index (χ1) is 13.1. The second-order valence-corrected chi connectivity index (χ2v) is 7.74. The van der Waals surface area contributed by atoms with Crippen molar-refractivity contribution in [1.82, 2.24) is 4.90 Å².